The Morgan fingerprint density at radius 1 is 1.17 bits per heavy atom. The average Bonchev–Trinajstić information content (AvgIpc) is 2.94. The molecule has 0 aliphatic rings. The highest BCUT2D eigenvalue weighted by molar-refractivity contribution is 5.86. The van der Waals surface area contributed by atoms with Crippen LogP contribution < -0.4 is 5.32 Å². The van der Waals surface area contributed by atoms with Crippen molar-refractivity contribution < 1.29 is 9.53 Å². The third-order valence-electron chi connectivity index (χ3n) is 3.82. The van der Waals surface area contributed by atoms with E-state index in [1.54, 1.807) is 0 Å². The van der Waals surface area contributed by atoms with Crippen molar-refractivity contribution in [2.45, 2.75) is 58.8 Å². The van der Waals surface area contributed by atoms with Crippen LogP contribution in [0.15, 0.2) is 18.2 Å². The van der Waals surface area contributed by atoms with Crippen LogP contribution in [0.3, 0.4) is 0 Å². The van der Waals surface area contributed by atoms with Gasteiger partial charge in [0.05, 0.1) is 17.6 Å². The lowest BCUT2D eigenvalue weighted by molar-refractivity contribution is 0.159. The molecule has 1 aromatic carbocycles. The van der Waals surface area contributed by atoms with Gasteiger partial charge in [-0.1, -0.05) is 45.6 Å². The lowest BCUT2D eigenvalue weighted by Gasteiger charge is -2.04. The Balaban J connectivity index is 1.86. The number of nitrogens with one attached hydrogen (secondary N) is 2. The van der Waals surface area contributed by atoms with E-state index in [-0.39, 0.29) is 0 Å². The number of carbonyl (C=O) groups excluding carboxylic acids is 1. The van der Waals surface area contributed by atoms with E-state index >= 15 is 0 Å². The Labute approximate surface area is 137 Å². The van der Waals surface area contributed by atoms with Gasteiger partial charge in [-0.2, -0.15) is 0 Å². The fourth-order valence-corrected chi connectivity index (χ4v) is 2.48. The van der Waals surface area contributed by atoms with Gasteiger partial charge >= 0.3 is 6.09 Å². The van der Waals surface area contributed by atoms with Gasteiger partial charge in [-0.15, -0.1) is 0 Å². The van der Waals surface area contributed by atoms with Gasteiger partial charge in [0.2, 0.25) is 5.95 Å². The lowest BCUT2D eigenvalue weighted by atomic mass is 10.1. The van der Waals surface area contributed by atoms with E-state index in [9.17, 15) is 4.79 Å². The van der Waals surface area contributed by atoms with Crippen LogP contribution in [0.5, 0.6) is 0 Å². The third-order valence-corrected chi connectivity index (χ3v) is 3.82. The fourth-order valence-electron chi connectivity index (χ4n) is 2.48. The van der Waals surface area contributed by atoms with E-state index in [1.165, 1.54) is 31.2 Å². The van der Waals surface area contributed by atoms with E-state index in [2.05, 4.69) is 41.3 Å². The number of aromatic nitrogens is 2. The molecule has 0 saturated carbocycles. The Morgan fingerprint density at radius 3 is 2.78 bits per heavy atom. The molecule has 0 spiro atoms. The Bertz CT molecular complexity index is 622. The molecule has 1 heterocycles. The van der Waals surface area contributed by atoms with Crippen LogP contribution in [-0.2, 0) is 11.2 Å². The van der Waals surface area contributed by atoms with E-state index in [0.717, 1.165) is 30.3 Å². The molecule has 5 nitrogen and oxygen atoms in total. The van der Waals surface area contributed by atoms with Crippen molar-refractivity contribution in [3.05, 3.63) is 23.8 Å². The minimum Gasteiger partial charge on any atom is -0.449 e. The predicted octanol–water partition coefficient (Wildman–Crippen LogP) is 5.03. The van der Waals surface area contributed by atoms with Gasteiger partial charge in [-0.3, -0.25) is 5.32 Å². The minimum absolute atomic E-state index is 0.436. The van der Waals surface area contributed by atoms with Gasteiger partial charge in [-0.25, -0.2) is 9.78 Å². The smallest absolute Gasteiger partial charge is 0.413 e. The zero-order valence-electron chi connectivity index (χ0n) is 14.2. The van der Waals surface area contributed by atoms with E-state index in [0.29, 0.717) is 12.6 Å². The summed E-state index contributed by atoms with van der Waals surface area (Å²) in [5.74, 6) is 0.436. The summed E-state index contributed by atoms with van der Waals surface area (Å²) in [6.45, 7) is 4.79. The number of benzene rings is 1. The third kappa shape index (κ3) is 5.58. The number of nitrogens with zero attached hydrogens (tertiary/aromatic N) is 1. The van der Waals surface area contributed by atoms with Crippen molar-refractivity contribution in [3.63, 3.8) is 0 Å². The van der Waals surface area contributed by atoms with Crippen LogP contribution >= 0.6 is 0 Å². The Morgan fingerprint density at radius 2 is 2.00 bits per heavy atom. The van der Waals surface area contributed by atoms with Crippen molar-refractivity contribution in [3.8, 4) is 0 Å². The molecule has 0 fully saturated rings. The van der Waals surface area contributed by atoms with Crippen LogP contribution in [0, 0.1) is 0 Å². The van der Waals surface area contributed by atoms with Gasteiger partial charge in [0.1, 0.15) is 0 Å². The van der Waals surface area contributed by atoms with Crippen LogP contribution in [0.4, 0.5) is 10.7 Å². The summed E-state index contributed by atoms with van der Waals surface area (Å²) in [4.78, 5) is 19.2. The predicted molar refractivity (Wildman–Crippen MR) is 93.8 cm³/mol. The molecule has 0 aliphatic carbocycles. The highest BCUT2D eigenvalue weighted by atomic mass is 16.5. The minimum atomic E-state index is -0.452. The molecule has 0 radical (unpaired) electrons. The molecular weight excluding hydrogens is 290 g/mol. The Kier molecular flexibility index (Phi) is 6.91. The van der Waals surface area contributed by atoms with Crippen molar-refractivity contribution in [2.24, 2.45) is 0 Å². The van der Waals surface area contributed by atoms with Crippen LogP contribution in [0.1, 0.15) is 57.9 Å². The van der Waals surface area contributed by atoms with E-state index in [1.807, 2.05) is 6.07 Å². The monoisotopic (exact) mass is 317 g/mol. The molecule has 2 rings (SSSR count). The topological polar surface area (TPSA) is 67.0 Å². The molecule has 2 aromatic rings. The molecule has 0 saturated heterocycles. The number of carbonyl (C=O) groups is 1. The van der Waals surface area contributed by atoms with Crippen molar-refractivity contribution in [1.82, 2.24) is 9.97 Å². The standard InChI is InChI=1S/C18H27N3O2/c1-3-5-7-8-12-23-18(22)21-17-19-15-11-10-14(9-6-4-2)13-16(15)20-17/h10-11,13H,3-9,12H2,1-2H3,(H2,19,20,21,22). The quantitative estimate of drug-likeness (QED) is 0.637. The SMILES string of the molecule is CCCCCCOC(=O)Nc1nc2ccc(CCCC)cc2[nH]1. The average molecular weight is 317 g/mol. The summed E-state index contributed by atoms with van der Waals surface area (Å²) in [6.07, 6.45) is 7.31. The normalized spacial score (nSPS) is 10.9. The molecule has 126 valence electrons. The Hall–Kier alpha value is -2.04. The maximum atomic E-state index is 11.7. The zero-order valence-corrected chi connectivity index (χ0v) is 14.2. The fraction of sp³-hybridized carbons (Fsp3) is 0.556. The zero-order chi connectivity index (χ0) is 16.5. The van der Waals surface area contributed by atoms with Gasteiger partial charge in [-0.05, 0) is 37.0 Å². The number of amides is 1. The van der Waals surface area contributed by atoms with Crippen LogP contribution in [0.25, 0.3) is 11.0 Å². The van der Waals surface area contributed by atoms with Gasteiger partial charge in [0.25, 0.3) is 0 Å². The number of hydrogen-bond donors (Lipinski definition) is 2. The summed E-state index contributed by atoms with van der Waals surface area (Å²) in [5.41, 5.74) is 3.08. The molecule has 5 heteroatoms. The first kappa shape index (κ1) is 17.3. The molecule has 0 unspecified atom stereocenters. The number of fused-ring (bicyclic) bond motifs is 1. The number of imidazole rings is 1. The molecule has 1 aromatic heterocycles. The molecule has 1 amide bonds. The van der Waals surface area contributed by atoms with Crippen molar-refractivity contribution in [1.29, 1.82) is 0 Å². The second-order valence-corrected chi connectivity index (χ2v) is 5.86. The second-order valence-electron chi connectivity index (χ2n) is 5.86. The van der Waals surface area contributed by atoms with E-state index < -0.39 is 6.09 Å². The van der Waals surface area contributed by atoms with Gasteiger partial charge < -0.3 is 9.72 Å². The number of rotatable bonds is 9. The summed E-state index contributed by atoms with van der Waals surface area (Å²) in [7, 11) is 0. The first-order valence-corrected chi connectivity index (χ1v) is 8.65. The number of H-pyrrole nitrogens is 1. The second kappa shape index (κ2) is 9.18. The summed E-state index contributed by atoms with van der Waals surface area (Å²) < 4.78 is 5.16. The van der Waals surface area contributed by atoms with E-state index in [4.69, 9.17) is 4.74 Å². The molecule has 0 atom stereocenters. The first-order chi connectivity index (χ1) is 11.2. The summed E-state index contributed by atoms with van der Waals surface area (Å²) >= 11 is 0. The van der Waals surface area contributed by atoms with Crippen LogP contribution in [0.2, 0.25) is 0 Å². The number of hydrogen-bond acceptors (Lipinski definition) is 3. The maximum Gasteiger partial charge on any atom is 0.413 e. The maximum absolute atomic E-state index is 11.7. The number of anilines is 1. The van der Waals surface area contributed by atoms with Gasteiger partial charge in [0, 0.05) is 0 Å². The lowest BCUT2D eigenvalue weighted by Crippen LogP contribution is -2.15. The number of ether oxygens (including phenoxy) is 1. The summed E-state index contributed by atoms with van der Waals surface area (Å²) in [6, 6.07) is 6.17. The van der Waals surface area contributed by atoms with Gasteiger partial charge in [0.15, 0.2) is 0 Å². The highest BCUT2D eigenvalue weighted by Gasteiger charge is 2.08. The number of aryl methyl sites for hydroxylation is 1. The van der Waals surface area contributed by atoms with Crippen molar-refractivity contribution >= 4 is 23.1 Å². The number of aromatic amines is 1. The molecule has 23 heavy (non-hydrogen) atoms. The molecular formula is C18H27N3O2. The summed E-state index contributed by atoms with van der Waals surface area (Å²) in [5, 5.41) is 2.66. The number of unbranched alkanes of at least 4 members (excludes halogenated alkanes) is 4. The molecule has 0 aliphatic heterocycles. The largest absolute Gasteiger partial charge is 0.449 e. The first-order valence-electron chi connectivity index (χ1n) is 8.65. The highest BCUT2D eigenvalue weighted by Crippen LogP contribution is 2.17. The van der Waals surface area contributed by atoms with Crippen molar-refractivity contribution in [2.75, 3.05) is 11.9 Å². The molecule has 0 bridgehead atoms. The van der Waals surface area contributed by atoms with Crippen LogP contribution in [-0.4, -0.2) is 22.7 Å². The molecule has 2 N–H and O–H groups in total.